The van der Waals surface area contributed by atoms with Crippen LogP contribution in [0.2, 0.25) is 0 Å². The average molecular weight is 336 g/mol. The van der Waals surface area contributed by atoms with E-state index < -0.39 is 4.92 Å². The number of azo groups is 1. The molecule has 128 valence electrons. The molecule has 2 aromatic rings. The molecule has 0 atom stereocenters. The molecule has 1 aliphatic rings. The molecule has 6 heteroatoms. The van der Waals surface area contributed by atoms with E-state index in [-0.39, 0.29) is 11.1 Å². The summed E-state index contributed by atoms with van der Waals surface area (Å²) in [5, 5.41) is 19.0. The topological polar surface area (TPSA) is 71.1 Å². The molecular formula is C19H20N4O2. The third-order valence-corrected chi connectivity index (χ3v) is 4.55. The van der Waals surface area contributed by atoms with E-state index in [1.807, 2.05) is 6.07 Å². The zero-order valence-corrected chi connectivity index (χ0v) is 14.5. The Morgan fingerprint density at radius 2 is 1.84 bits per heavy atom. The summed E-state index contributed by atoms with van der Waals surface area (Å²) in [6.45, 7) is 4.86. The van der Waals surface area contributed by atoms with E-state index in [1.165, 1.54) is 29.1 Å². The van der Waals surface area contributed by atoms with E-state index in [2.05, 4.69) is 60.3 Å². The summed E-state index contributed by atoms with van der Waals surface area (Å²) in [6, 6.07) is 14.4. The molecule has 0 aromatic heterocycles. The lowest BCUT2D eigenvalue weighted by Gasteiger charge is -2.23. The molecule has 0 saturated heterocycles. The zero-order valence-electron chi connectivity index (χ0n) is 14.5. The highest BCUT2D eigenvalue weighted by molar-refractivity contribution is 5.69. The van der Waals surface area contributed by atoms with Crippen LogP contribution in [0.4, 0.5) is 17.1 Å². The third kappa shape index (κ3) is 3.15. The molecule has 25 heavy (non-hydrogen) atoms. The lowest BCUT2D eigenvalue weighted by atomic mass is 9.84. The second-order valence-electron chi connectivity index (χ2n) is 6.49. The third-order valence-electron chi connectivity index (χ3n) is 4.55. The summed E-state index contributed by atoms with van der Waals surface area (Å²) in [5.74, 6) is 0. The predicted molar refractivity (Wildman–Crippen MR) is 98.4 cm³/mol. The molecule has 0 saturated carbocycles. The van der Waals surface area contributed by atoms with Crippen molar-refractivity contribution < 1.29 is 4.92 Å². The number of para-hydroxylation sites is 1. The van der Waals surface area contributed by atoms with Crippen molar-refractivity contribution in [1.82, 2.24) is 0 Å². The van der Waals surface area contributed by atoms with Crippen molar-refractivity contribution >= 4 is 17.1 Å². The van der Waals surface area contributed by atoms with Gasteiger partial charge in [-0.15, -0.1) is 0 Å². The Morgan fingerprint density at radius 3 is 2.48 bits per heavy atom. The van der Waals surface area contributed by atoms with Gasteiger partial charge in [0.15, 0.2) is 0 Å². The zero-order chi connectivity index (χ0) is 18.0. The lowest BCUT2D eigenvalue weighted by molar-refractivity contribution is -0.384. The van der Waals surface area contributed by atoms with Crippen LogP contribution in [0.15, 0.2) is 70.5 Å². The highest BCUT2D eigenvalue weighted by Gasteiger charge is 2.37. The molecule has 0 spiro atoms. The van der Waals surface area contributed by atoms with E-state index in [1.54, 1.807) is 12.1 Å². The quantitative estimate of drug-likeness (QED) is 0.448. The molecule has 6 nitrogen and oxygen atoms in total. The summed E-state index contributed by atoms with van der Waals surface area (Å²) in [4.78, 5) is 12.4. The van der Waals surface area contributed by atoms with E-state index in [4.69, 9.17) is 0 Å². The second-order valence-corrected chi connectivity index (χ2v) is 6.49. The summed E-state index contributed by atoms with van der Waals surface area (Å²) in [5.41, 5.74) is 4.28. The Morgan fingerprint density at radius 1 is 1.16 bits per heavy atom. The van der Waals surface area contributed by atoms with Gasteiger partial charge < -0.3 is 4.90 Å². The van der Waals surface area contributed by atoms with Crippen LogP contribution in [0, 0.1) is 10.1 Å². The normalized spacial score (nSPS) is 17.2. The maximum Gasteiger partial charge on any atom is 0.269 e. The Kier molecular flexibility index (Phi) is 4.35. The first-order chi connectivity index (χ1) is 11.9. The highest BCUT2D eigenvalue weighted by Crippen LogP contribution is 2.46. The molecule has 3 rings (SSSR count). The van der Waals surface area contributed by atoms with Gasteiger partial charge in [0.05, 0.1) is 17.2 Å². The number of hydrogen-bond acceptors (Lipinski definition) is 5. The molecule has 2 aromatic carbocycles. The fraction of sp³-hybridized carbons (Fsp3) is 0.263. The Labute approximate surface area is 146 Å². The first kappa shape index (κ1) is 16.8. The van der Waals surface area contributed by atoms with Gasteiger partial charge in [0.1, 0.15) is 0 Å². The van der Waals surface area contributed by atoms with Crippen LogP contribution >= 0.6 is 0 Å². The first-order valence-electron chi connectivity index (χ1n) is 8.07. The molecule has 0 aliphatic carbocycles. The van der Waals surface area contributed by atoms with E-state index in [0.717, 1.165) is 0 Å². The largest absolute Gasteiger partial charge is 0.347 e. The van der Waals surface area contributed by atoms with Crippen molar-refractivity contribution in [3.63, 3.8) is 0 Å². The number of allylic oxidation sites excluding steroid dienone is 1. The van der Waals surface area contributed by atoms with Crippen molar-refractivity contribution in [2.75, 3.05) is 18.5 Å². The number of anilines is 1. The standard InChI is InChI=1S/C19H20N4O2/c1-19(2)16-6-4-5-7-17(16)22(3)18(19)12-13-20-21-14-8-10-15(11-9-14)23(24)25/h4-12H,13H2,1-3H3/b18-12-,21-20?. The molecule has 0 unspecified atom stereocenters. The molecule has 0 bridgehead atoms. The molecule has 0 radical (unpaired) electrons. The second kappa shape index (κ2) is 6.47. The number of nitrogens with zero attached hydrogens (tertiary/aromatic N) is 4. The van der Waals surface area contributed by atoms with Gasteiger partial charge in [0.25, 0.3) is 5.69 Å². The summed E-state index contributed by atoms with van der Waals surface area (Å²) >= 11 is 0. The van der Waals surface area contributed by atoms with Gasteiger partial charge in [-0.05, 0) is 29.8 Å². The van der Waals surface area contributed by atoms with Crippen LogP contribution in [0.25, 0.3) is 0 Å². The van der Waals surface area contributed by atoms with Gasteiger partial charge in [-0.2, -0.15) is 10.2 Å². The number of nitro benzene ring substituents is 1. The molecular weight excluding hydrogens is 316 g/mol. The monoisotopic (exact) mass is 336 g/mol. The minimum absolute atomic E-state index is 0.0492. The van der Waals surface area contributed by atoms with Gasteiger partial charge in [-0.1, -0.05) is 32.0 Å². The number of fused-ring (bicyclic) bond motifs is 1. The Hall–Kier alpha value is -3.02. The van der Waals surface area contributed by atoms with Crippen LogP contribution in [-0.4, -0.2) is 18.5 Å². The Bertz CT molecular complexity index is 854. The number of benzene rings is 2. The SMILES string of the molecule is CN1/C(=C\CN=Nc2ccc([N+](=O)[O-])cc2)C(C)(C)c2ccccc21. The molecule has 1 heterocycles. The number of nitro groups is 1. The van der Waals surface area contributed by atoms with Gasteiger partial charge in [-0.3, -0.25) is 10.1 Å². The number of hydrogen-bond donors (Lipinski definition) is 0. The Balaban J connectivity index is 1.73. The van der Waals surface area contributed by atoms with Gasteiger partial charge in [0.2, 0.25) is 0 Å². The van der Waals surface area contributed by atoms with E-state index >= 15 is 0 Å². The van der Waals surface area contributed by atoms with E-state index in [0.29, 0.717) is 12.2 Å². The highest BCUT2D eigenvalue weighted by atomic mass is 16.6. The van der Waals surface area contributed by atoms with Crippen LogP contribution in [0.3, 0.4) is 0 Å². The summed E-state index contributed by atoms with van der Waals surface area (Å²) in [7, 11) is 2.06. The van der Waals surface area contributed by atoms with Crippen molar-refractivity contribution in [1.29, 1.82) is 0 Å². The molecule has 0 amide bonds. The maximum atomic E-state index is 10.6. The van der Waals surface area contributed by atoms with Crippen molar-refractivity contribution in [2.24, 2.45) is 10.2 Å². The van der Waals surface area contributed by atoms with Crippen molar-refractivity contribution in [3.05, 3.63) is 76.0 Å². The number of likely N-dealkylation sites (N-methyl/N-ethyl adjacent to an activating group) is 1. The van der Waals surface area contributed by atoms with Gasteiger partial charge in [0, 0.05) is 36.0 Å². The van der Waals surface area contributed by atoms with Crippen molar-refractivity contribution in [2.45, 2.75) is 19.3 Å². The van der Waals surface area contributed by atoms with Crippen LogP contribution < -0.4 is 4.90 Å². The first-order valence-corrected chi connectivity index (χ1v) is 8.07. The lowest BCUT2D eigenvalue weighted by Crippen LogP contribution is -2.23. The average Bonchev–Trinajstić information content (AvgIpc) is 2.79. The van der Waals surface area contributed by atoms with Gasteiger partial charge in [-0.25, -0.2) is 0 Å². The van der Waals surface area contributed by atoms with Crippen LogP contribution in [0.1, 0.15) is 19.4 Å². The maximum absolute atomic E-state index is 10.6. The van der Waals surface area contributed by atoms with Crippen molar-refractivity contribution in [3.8, 4) is 0 Å². The summed E-state index contributed by atoms with van der Waals surface area (Å²) in [6.07, 6.45) is 2.08. The smallest absolute Gasteiger partial charge is 0.269 e. The molecule has 0 N–H and O–H groups in total. The minimum atomic E-state index is -0.430. The van der Waals surface area contributed by atoms with Crippen LogP contribution in [-0.2, 0) is 5.41 Å². The fourth-order valence-electron chi connectivity index (χ4n) is 3.26. The number of non-ortho nitro benzene ring substituents is 1. The predicted octanol–water partition coefficient (Wildman–Crippen LogP) is 4.99. The molecule has 0 fully saturated rings. The molecule has 1 aliphatic heterocycles. The number of rotatable bonds is 4. The van der Waals surface area contributed by atoms with E-state index in [9.17, 15) is 10.1 Å². The minimum Gasteiger partial charge on any atom is -0.347 e. The fourth-order valence-corrected chi connectivity index (χ4v) is 3.26. The van der Waals surface area contributed by atoms with Gasteiger partial charge >= 0.3 is 0 Å². The summed E-state index contributed by atoms with van der Waals surface area (Å²) < 4.78 is 0. The van der Waals surface area contributed by atoms with Crippen LogP contribution in [0.5, 0.6) is 0 Å².